The van der Waals surface area contributed by atoms with Gasteiger partial charge in [0, 0.05) is 31.5 Å². The van der Waals surface area contributed by atoms with Crippen molar-refractivity contribution in [2.75, 3.05) is 19.7 Å². The van der Waals surface area contributed by atoms with Gasteiger partial charge in [-0.1, -0.05) is 5.16 Å². The standard InChI is InChI=1S/C17H20N4O4/c1-11-19-17(20-25-11)13-3-2-8-21(9-13)15(22)10-24-14-6-4-12(5-7-14)16(18)23/h4-7,13H,2-3,8-10H2,1H3,(H2,18,23). The number of nitrogens with two attached hydrogens (primary N) is 1. The van der Waals surface area contributed by atoms with Crippen LogP contribution in [0.2, 0.25) is 0 Å². The van der Waals surface area contributed by atoms with E-state index in [9.17, 15) is 9.59 Å². The molecule has 1 fully saturated rings. The van der Waals surface area contributed by atoms with Gasteiger partial charge in [0.1, 0.15) is 5.75 Å². The van der Waals surface area contributed by atoms with Crippen molar-refractivity contribution in [2.24, 2.45) is 5.73 Å². The number of nitrogens with zero attached hydrogens (tertiary/aromatic N) is 3. The molecule has 1 aliphatic rings. The van der Waals surface area contributed by atoms with E-state index >= 15 is 0 Å². The number of aryl methyl sites for hydroxylation is 1. The van der Waals surface area contributed by atoms with Crippen LogP contribution in [-0.2, 0) is 4.79 Å². The van der Waals surface area contributed by atoms with Gasteiger partial charge in [-0.25, -0.2) is 0 Å². The van der Waals surface area contributed by atoms with E-state index in [0.717, 1.165) is 12.8 Å². The zero-order valence-electron chi connectivity index (χ0n) is 14.0. The number of likely N-dealkylation sites (tertiary alicyclic amines) is 1. The maximum atomic E-state index is 12.4. The van der Waals surface area contributed by atoms with E-state index in [1.54, 1.807) is 36.1 Å². The first-order chi connectivity index (χ1) is 12.0. The lowest BCUT2D eigenvalue weighted by Gasteiger charge is -2.31. The second-order valence-corrected chi connectivity index (χ2v) is 6.03. The normalized spacial score (nSPS) is 17.3. The fourth-order valence-electron chi connectivity index (χ4n) is 2.85. The summed E-state index contributed by atoms with van der Waals surface area (Å²) in [6.45, 7) is 2.94. The minimum atomic E-state index is -0.501. The van der Waals surface area contributed by atoms with Crippen LogP contribution in [0.15, 0.2) is 28.8 Å². The second-order valence-electron chi connectivity index (χ2n) is 6.03. The van der Waals surface area contributed by atoms with E-state index in [-0.39, 0.29) is 18.4 Å². The van der Waals surface area contributed by atoms with Crippen LogP contribution < -0.4 is 10.5 Å². The number of carbonyl (C=O) groups excluding carboxylic acids is 2. The third kappa shape index (κ3) is 4.14. The van der Waals surface area contributed by atoms with Crippen LogP contribution in [0.1, 0.15) is 40.8 Å². The zero-order chi connectivity index (χ0) is 17.8. The maximum Gasteiger partial charge on any atom is 0.260 e. The van der Waals surface area contributed by atoms with Gasteiger partial charge in [-0.05, 0) is 37.1 Å². The molecule has 1 saturated heterocycles. The Bertz CT molecular complexity index is 756. The highest BCUT2D eigenvalue weighted by molar-refractivity contribution is 5.92. The molecule has 8 nitrogen and oxygen atoms in total. The predicted molar refractivity (Wildman–Crippen MR) is 88.0 cm³/mol. The van der Waals surface area contributed by atoms with Gasteiger partial charge in [-0.15, -0.1) is 0 Å². The second kappa shape index (κ2) is 7.33. The number of aromatic nitrogens is 2. The number of ether oxygens (including phenoxy) is 1. The van der Waals surface area contributed by atoms with Gasteiger partial charge in [0.2, 0.25) is 11.8 Å². The first kappa shape index (κ1) is 16.9. The highest BCUT2D eigenvalue weighted by Gasteiger charge is 2.27. The number of benzene rings is 1. The molecule has 1 aromatic carbocycles. The van der Waals surface area contributed by atoms with E-state index in [1.807, 2.05) is 0 Å². The lowest BCUT2D eigenvalue weighted by molar-refractivity contribution is -0.134. The Balaban J connectivity index is 1.54. The molecule has 0 bridgehead atoms. The summed E-state index contributed by atoms with van der Waals surface area (Å²) in [6, 6.07) is 6.37. The largest absolute Gasteiger partial charge is 0.484 e. The molecule has 2 N–H and O–H groups in total. The van der Waals surface area contributed by atoms with Gasteiger partial charge in [-0.3, -0.25) is 9.59 Å². The summed E-state index contributed by atoms with van der Waals surface area (Å²) in [5.74, 6) is 1.19. The minimum Gasteiger partial charge on any atom is -0.484 e. The van der Waals surface area contributed by atoms with Gasteiger partial charge >= 0.3 is 0 Å². The number of piperidine rings is 1. The molecule has 2 heterocycles. The van der Waals surface area contributed by atoms with Crippen molar-refractivity contribution in [3.05, 3.63) is 41.5 Å². The number of primary amides is 1. The third-order valence-electron chi connectivity index (χ3n) is 4.18. The maximum absolute atomic E-state index is 12.4. The summed E-state index contributed by atoms with van der Waals surface area (Å²) in [6.07, 6.45) is 1.81. The molecule has 0 spiro atoms. The molecule has 25 heavy (non-hydrogen) atoms. The molecule has 2 amide bonds. The Hall–Kier alpha value is -2.90. The minimum absolute atomic E-state index is 0.0616. The Kier molecular flexibility index (Phi) is 4.97. The molecule has 2 aromatic rings. The van der Waals surface area contributed by atoms with Crippen molar-refractivity contribution in [3.8, 4) is 5.75 Å². The molecule has 0 saturated carbocycles. The van der Waals surface area contributed by atoms with Crippen molar-refractivity contribution in [2.45, 2.75) is 25.7 Å². The molecule has 3 rings (SSSR count). The first-order valence-corrected chi connectivity index (χ1v) is 8.13. The fraction of sp³-hybridized carbons (Fsp3) is 0.412. The molecule has 0 radical (unpaired) electrons. The molecule has 1 aliphatic heterocycles. The molecule has 132 valence electrons. The smallest absolute Gasteiger partial charge is 0.260 e. The van der Waals surface area contributed by atoms with E-state index in [4.69, 9.17) is 15.0 Å². The SMILES string of the molecule is Cc1nc(C2CCCN(C(=O)COc3ccc(C(N)=O)cc3)C2)no1. The summed E-state index contributed by atoms with van der Waals surface area (Å²) in [5, 5.41) is 3.96. The van der Waals surface area contributed by atoms with Crippen LogP contribution >= 0.6 is 0 Å². The molecular formula is C17H20N4O4. The van der Waals surface area contributed by atoms with E-state index < -0.39 is 5.91 Å². The van der Waals surface area contributed by atoms with Crippen molar-refractivity contribution >= 4 is 11.8 Å². The number of hydrogen-bond donors (Lipinski definition) is 1. The average Bonchev–Trinajstić information content (AvgIpc) is 3.06. The van der Waals surface area contributed by atoms with E-state index in [1.165, 1.54) is 0 Å². The van der Waals surface area contributed by atoms with Gasteiger partial charge in [0.25, 0.3) is 5.91 Å². The van der Waals surface area contributed by atoms with Crippen LogP contribution in [-0.4, -0.2) is 46.6 Å². The number of rotatable bonds is 5. The zero-order valence-corrected chi connectivity index (χ0v) is 14.0. The van der Waals surface area contributed by atoms with Crippen LogP contribution in [0.5, 0.6) is 5.75 Å². The molecule has 1 aromatic heterocycles. The summed E-state index contributed by atoms with van der Waals surface area (Å²) >= 11 is 0. The Morgan fingerprint density at radius 1 is 1.36 bits per heavy atom. The monoisotopic (exact) mass is 344 g/mol. The van der Waals surface area contributed by atoms with Gasteiger partial charge in [-0.2, -0.15) is 4.98 Å². The van der Waals surface area contributed by atoms with E-state index in [2.05, 4.69) is 10.1 Å². The molecule has 1 atom stereocenters. The van der Waals surface area contributed by atoms with Crippen molar-refractivity contribution < 1.29 is 18.8 Å². The highest BCUT2D eigenvalue weighted by atomic mass is 16.5. The van der Waals surface area contributed by atoms with Crippen molar-refractivity contribution in [1.82, 2.24) is 15.0 Å². The highest BCUT2D eigenvalue weighted by Crippen LogP contribution is 2.25. The average molecular weight is 344 g/mol. The summed E-state index contributed by atoms with van der Waals surface area (Å²) in [7, 11) is 0. The number of amides is 2. The number of hydrogen-bond acceptors (Lipinski definition) is 6. The molecule has 8 heteroatoms. The van der Waals surface area contributed by atoms with Crippen molar-refractivity contribution in [3.63, 3.8) is 0 Å². The first-order valence-electron chi connectivity index (χ1n) is 8.13. The Morgan fingerprint density at radius 2 is 2.12 bits per heavy atom. The molecule has 1 unspecified atom stereocenters. The van der Waals surface area contributed by atoms with Crippen LogP contribution in [0.3, 0.4) is 0 Å². The Labute approximate surface area is 144 Å². The summed E-state index contributed by atoms with van der Waals surface area (Å²) in [4.78, 5) is 29.4. The van der Waals surface area contributed by atoms with Gasteiger partial charge in [0.05, 0.1) is 0 Å². The quantitative estimate of drug-likeness (QED) is 0.874. The topological polar surface area (TPSA) is 112 Å². The predicted octanol–water partition coefficient (Wildman–Crippen LogP) is 1.26. The third-order valence-corrected chi connectivity index (χ3v) is 4.18. The van der Waals surface area contributed by atoms with E-state index in [0.29, 0.717) is 36.1 Å². The lowest BCUT2D eigenvalue weighted by Crippen LogP contribution is -2.41. The van der Waals surface area contributed by atoms with Crippen LogP contribution in [0.4, 0.5) is 0 Å². The summed E-state index contributed by atoms with van der Waals surface area (Å²) < 4.78 is 10.5. The number of carbonyl (C=O) groups is 2. The lowest BCUT2D eigenvalue weighted by atomic mass is 9.97. The molecular weight excluding hydrogens is 324 g/mol. The fourth-order valence-corrected chi connectivity index (χ4v) is 2.85. The van der Waals surface area contributed by atoms with Gasteiger partial charge in [0.15, 0.2) is 12.4 Å². The Morgan fingerprint density at radius 3 is 2.76 bits per heavy atom. The molecule has 0 aliphatic carbocycles. The van der Waals surface area contributed by atoms with Crippen LogP contribution in [0, 0.1) is 6.92 Å². The van der Waals surface area contributed by atoms with Gasteiger partial charge < -0.3 is 19.9 Å². The van der Waals surface area contributed by atoms with Crippen molar-refractivity contribution in [1.29, 1.82) is 0 Å². The summed E-state index contributed by atoms with van der Waals surface area (Å²) in [5.41, 5.74) is 5.58. The van der Waals surface area contributed by atoms with Crippen LogP contribution in [0.25, 0.3) is 0 Å².